The summed E-state index contributed by atoms with van der Waals surface area (Å²) >= 11 is 0. The van der Waals surface area contributed by atoms with Gasteiger partial charge in [-0.05, 0) is 18.1 Å². The van der Waals surface area contributed by atoms with Gasteiger partial charge in [0.2, 0.25) is 0 Å². The Hall–Kier alpha value is -1.28. The highest BCUT2D eigenvalue weighted by Gasteiger charge is 2.17. The second-order valence-electron chi connectivity index (χ2n) is 4.12. The zero-order chi connectivity index (χ0) is 10.3. The van der Waals surface area contributed by atoms with Crippen LogP contribution in [-0.4, -0.2) is 11.1 Å². The van der Waals surface area contributed by atoms with Crippen LogP contribution in [-0.2, 0) is 19.5 Å². The molecule has 0 saturated heterocycles. The van der Waals surface area contributed by atoms with E-state index in [0.29, 0.717) is 0 Å². The van der Waals surface area contributed by atoms with E-state index in [1.54, 1.807) is 0 Å². The average molecular weight is 200 g/mol. The molecule has 15 heavy (non-hydrogen) atoms. The summed E-state index contributed by atoms with van der Waals surface area (Å²) in [5.41, 5.74) is 4.42. The van der Waals surface area contributed by atoms with Crippen molar-refractivity contribution in [3.63, 3.8) is 0 Å². The molecule has 0 fully saturated rings. The number of benzene rings is 1. The standard InChI is InChI=1S/C13H16N2/c1-2-10-11-5-3-4-6-12(11)15-8-7-14-9-13(10)15/h3-6,14H,2,7-9H2,1H3. The van der Waals surface area contributed by atoms with Gasteiger partial charge in [-0.15, -0.1) is 0 Å². The van der Waals surface area contributed by atoms with Gasteiger partial charge in [0.15, 0.2) is 0 Å². The first kappa shape index (κ1) is 8.98. The number of nitrogens with zero attached hydrogens (tertiary/aromatic N) is 1. The predicted octanol–water partition coefficient (Wildman–Crippen LogP) is 2.31. The summed E-state index contributed by atoms with van der Waals surface area (Å²) in [5, 5.41) is 4.90. The fourth-order valence-electron chi connectivity index (χ4n) is 2.68. The van der Waals surface area contributed by atoms with Crippen LogP contribution in [0.25, 0.3) is 10.9 Å². The minimum absolute atomic E-state index is 1.03. The summed E-state index contributed by atoms with van der Waals surface area (Å²) in [6.07, 6.45) is 1.13. The number of fused-ring (bicyclic) bond motifs is 3. The van der Waals surface area contributed by atoms with E-state index in [1.807, 2.05) is 0 Å². The van der Waals surface area contributed by atoms with Crippen LogP contribution in [0.2, 0.25) is 0 Å². The van der Waals surface area contributed by atoms with E-state index in [1.165, 1.54) is 22.2 Å². The van der Waals surface area contributed by atoms with Gasteiger partial charge in [-0.3, -0.25) is 0 Å². The van der Waals surface area contributed by atoms with Crippen LogP contribution in [0, 0.1) is 0 Å². The van der Waals surface area contributed by atoms with Crippen LogP contribution in [0.4, 0.5) is 0 Å². The SMILES string of the molecule is CCc1c2n(c3ccccc13)CCNC2. The highest BCUT2D eigenvalue weighted by molar-refractivity contribution is 5.85. The van der Waals surface area contributed by atoms with Gasteiger partial charge in [-0.1, -0.05) is 25.1 Å². The summed E-state index contributed by atoms with van der Waals surface area (Å²) in [4.78, 5) is 0. The Morgan fingerprint density at radius 3 is 3.07 bits per heavy atom. The third-order valence-corrected chi connectivity index (χ3v) is 3.35. The largest absolute Gasteiger partial charge is 0.342 e. The maximum atomic E-state index is 3.46. The molecule has 1 N–H and O–H groups in total. The first-order valence-corrected chi connectivity index (χ1v) is 5.71. The van der Waals surface area contributed by atoms with Crippen molar-refractivity contribution in [2.45, 2.75) is 26.4 Å². The zero-order valence-corrected chi connectivity index (χ0v) is 9.09. The lowest BCUT2D eigenvalue weighted by molar-refractivity contribution is 0.523. The summed E-state index contributed by atoms with van der Waals surface area (Å²) in [5.74, 6) is 0. The first-order valence-electron chi connectivity index (χ1n) is 5.71. The summed E-state index contributed by atoms with van der Waals surface area (Å²) < 4.78 is 2.48. The Morgan fingerprint density at radius 1 is 1.33 bits per heavy atom. The topological polar surface area (TPSA) is 17.0 Å². The van der Waals surface area contributed by atoms with E-state index in [2.05, 4.69) is 41.1 Å². The maximum Gasteiger partial charge on any atom is 0.0486 e. The molecule has 0 radical (unpaired) electrons. The molecule has 1 aliphatic rings. The minimum Gasteiger partial charge on any atom is -0.342 e. The average Bonchev–Trinajstić information content (AvgIpc) is 2.63. The smallest absolute Gasteiger partial charge is 0.0486 e. The molecule has 0 spiro atoms. The molecule has 0 saturated carbocycles. The van der Waals surface area contributed by atoms with E-state index in [9.17, 15) is 0 Å². The van der Waals surface area contributed by atoms with Crippen molar-refractivity contribution in [2.75, 3.05) is 6.54 Å². The van der Waals surface area contributed by atoms with Crippen molar-refractivity contribution in [2.24, 2.45) is 0 Å². The Labute approximate surface area is 89.9 Å². The van der Waals surface area contributed by atoms with Crippen molar-refractivity contribution in [3.8, 4) is 0 Å². The van der Waals surface area contributed by atoms with Crippen LogP contribution in [0.15, 0.2) is 24.3 Å². The zero-order valence-electron chi connectivity index (χ0n) is 9.09. The molecular weight excluding hydrogens is 184 g/mol. The molecule has 1 aromatic heterocycles. The summed E-state index contributed by atoms with van der Waals surface area (Å²) in [6, 6.07) is 8.76. The quantitative estimate of drug-likeness (QED) is 0.747. The molecule has 78 valence electrons. The molecule has 2 nitrogen and oxygen atoms in total. The van der Waals surface area contributed by atoms with Crippen molar-refractivity contribution in [3.05, 3.63) is 35.5 Å². The third-order valence-electron chi connectivity index (χ3n) is 3.35. The lowest BCUT2D eigenvalue weighted by Crippen LogP contribution is -2.28. The predicted molar refractivity (Wildman–Crippen MR) is 63.0 cm³/mol. The van der Waals surface area contributed by atoms with Gasteiger partial charge in [-0.2, -0.15) is 0 Å². The number of hydrogen-bond donors (Lipinski definition) is 1. The molecule has 3 rings (SSSR count). The van der Waals surface area contributed by atoms with Gasteiger partial charge in [-0.25, -0.2) is 0 Å². The van der Waals surface area contributed by atoms with E-state index in [-0.39, 0.29) is 0 Å². The van der Waals surface area contributed by atoms with Gasteiger partial charge in [0.05, 0.1) is 0 Å². The highest BCUT2D eigenvalue weighted by Crippen LogP contribution is 2.27. The van der Waals surface area contributed by atoms with Gasteiger partial charge in [0.1, 0.15) is 0 Å². The monoisotopic (exact) mass is 200 g/mol. The highest BCUT2D eigenvalue weighted by atomic mass is 15.1. The Morgan fingerprint density at radius 2 is 2.20 bits per heavy atom. The third kappa shape index (κ3) is 1.21. The number of aryl methyl sites for hydroxylation is 1. The summed E-state index contributed by atoms with van der Waals surface area (Å²) in [7, 11) is 0. The summed E-state index contributed by atoms with van der Waals surface area (Å²) in [6.45, 7) is 5.47. The van der Waals surface area contributed by atoms with Gasteiger partial charge >= 0.3 is 0 Å². The van der Waals surface area contributed by atoms with Gasteiger partial charge < -0.3 is 9.88 Å². The Bertz CT molecular complexity index is 463. The molecular formula is C13H16N2. The van der Waals surface area contributed by atoms with Crippen molar-refractivity contribution in [1.82, 2.24) is 9.88 Å². The molecule has 0 amide bonds. The number of aromatic nitrogens is 1. The van der Waals surface area contributed by atoms with Crippen LogP contribution in [0.1, 0.15) is 18.2 Å². The number of hydrogen-bond acceptors (Lipinski definition) is 1. The van der Waals surface area contributed by atoms with Crippen molar-refractivity contribution in [1.29, 1.82) is 0 Å². The van der Waals surface area contributed by atoms with E-state index in [0.717, 1.165) is 26.1 Å². The van der Waals surface area contributed by atoms with Gasteiger partial charge in [0.25, 0.3) is 0 Å². The van der Waals surface area contributed by atoms with Crippen molar-refractivity contribution >= 4 is 10.9 Å². The second-order valence-corrected chi connectivity index (χ2v) is 4.12. The lowest BCUT2D eigenvalue weighted by atomic mass is 10.1. The fraction of sp³-hybridized carbons (Fsp3) is 0.385. The van der Waals surface area contributed by atoms with Crippen LogP contribution < -0.4 is 5.32 Å². The number of para-hydroxylation sites is 1. The minimum atomic E-state index is 1.03. The van der Waals surface area contributed by atoms with Crippen LogP contribution in [0.3, 0.4) is 0 Å². The van der Waals surface area contributed by atoms with E-state index in [4.69, 9.17) is 0 Å². The van der Waals surface area contributed by atoms with Crippen molar-refractivity contribution < 1.29 is 0 Å². The molecule has 1 aromatic carbocycles. The Kier molecular flexibility index (Phi) is 2.03. The van der Waals surface area contributed by atoms with E-state index >= 15 is 0 Å². The normalized spacial score (nSPS) is 15.5. The number of nitrogens with one attached hydrogen (secondary N) is 1. The lowest BCUT2D eigenvalue weighted by Gasteiger charge is -2.18. The molecule has 1 aliphatic heterocycles. The Balaban J connectivity index is 2.37. The number of rotatable bonds is 1. The molecule has 0 bridgehead atoms. The molecule has 0 unspecified atom stereocenters. The van der Waals surface area contributed by atoms with Gasteiger partial charge in [0, 0.05) is 36.2 Å². The molecule has 0 aliphatic carbocycles. The molecule has 2 heteroatoms. The van der Waals surface area contributed by atoms with Crippen LogP contribution >= 0.6 is 0 Å². The molecule has 2 aromatic rings. The second kappa shape index (κ2) is 3.38. The van der Waals surface area contributed by atoms with E-state index < -0.39 is 0 Å². The van der Waals surface area contributed by atoms with Crippen LogP contribution in [0.5, 0.6) is 0 Å². The molecule has 2 heterocycles. The maximum absolute atomic E-state index is 3.46. The fourth-order valence-corrected chi connectivity index (χ4v) is 2.68. The first-order chi connectivity index (χ1) is 7.42. The molecule has 0 atom stereocenters.